The van der Waals surface area contributed by atoms with E-state index in [-0.39, 0.29) is 5.57 Å². The molecule has 0 fully saturated rings. The molecular weight excluding hydrogens is 474 g/mol. The maximum absolute atomic E-state index is 9.08. The van der Waals surface area contributed by atoms with Crippen LogP contribution in [0.4, 0.5) is 17.1 Å². The SMILES string of the molecule is N#CC(C#N)=C/C=C/c1ccc2c3c(cccc13)-c1ccccc1N2c1ccc2c(ccc3ccccc32)c1. The summed E-state index contributed by atoms with van der Waals surface area (Å²) >= 11 is 0. The Morgan fingerprint density at radius 3 is 2.26 bits per heavy atom. The molecule has 0 atom stereocenters. The standard InChI is InChI=1S/C36H21N3/c37-22-24(23-38)7-5-9-26-17-20-35-36-31(26)12-6-13-33(36)32-11-3-4-14-34(32)39(35)28-18-19-30-27(21-28)16-15-25-8-1-2-10-29(25)30/h1-21H/b9-5+. The normalized spacial score (nSPS) is 11.9. The molecule has 0 bridgehead atoms. The number of benzene rings is 6. The minimum atomic E-state index is 0.0816. The minimum Gasteiger partial charge on any atom is -0.309 e. The van der Waals surface area contributed by atoms with Gasteiger partial charge < -0.3 is 4.90 Å². The lowest BCUT2D eigenvalue weighted by Crippen LogP contribution is -2.15. The van der Waals surface area contributed by atoms with E-state index in [1.165, 1.54) is 38.1 Å². The summed E-state index contributed by atoms with van der Waals surface area (Å²) in [5.41, 5.74) is 6.89. The third-order valence-electron chi connectivity index (χ3n) is 7.49. The Morgan fingerprint density at radius 1 is 0.615 bits per heavy atom. The zero-order chi connectivity index (χ0) is 26.3. The van der Waals surface area contributed by atoms with Gasteiger partial charge in [0, 0.05) is 16.6 Å². The first-order chi connectivity index (χ1) is 19.3. The number of hydrogen-bond acceptors (Lipinski definition) is 3. The van der Waals surface area contributed by atoms with E-state index in [0.29, 0.717) is 0 Å². The number of rotatable bonds is 3. The first kappa shape index (κ1) is 22.5. The lowest BCUT2D eigenvalue weighted by Gasteiger charge is -2.34. The quantitative estimate of drug-likeness (QED) is 0.139. The molecule has 0 radical (unpaired) electrons. The maximum Gasteiger partial charge on any atom is 0.129 e. The smallest absolute Gasteiger partial charge is 0.129 e. The molecule has 1 aliphatic heterocycles. The van der Waals surface area contributed by atoms with Crippen molar-refractivity contribution < 1.29 is 0 Å². The predicted molar refractivity (Wildman–Crippen MR) is 161 cm³/mol. The third kappa shape index (κ3) is 3.57. The van der Waals surface area contributed by atoms with Crippen LogP contribution in [0.1, 0.15) is 5.56 Å². The van der Waals surface area contributed by atoms with E-state index in [1.807, 2.05) is 18.2 Å². The number of fused-ring (bicyclic) bond motifs is 5. The van der Waals surface area contributed by atoms with Crippen LogP contribution in [0.25, 0.3) is 49.5 Å². The second kappa shape index (κ2) is 9.03. The topological polar surface area (TPSA) is 50.8 Å². The van der Waals surface area contributed by atoms with E-state index in [4.69, 9.17) is 10.5 Å². The van der Waals surface area contributed by atoms with Crippen LogP contribution >= 0.6 is 0 Å². The second-order valence-corrected chi connectivity index (χ2v) is 9.61. The number of hydrogen-bond donors (Lipinski definition) is 0. The number of nitrogens with zero attached hydrogens (tertiary/aromatic N) is 3. The van der Waals surface area contributed by atoms with Crippen LogP contribution < -0.4 is 4.90 Å². The molecule has 0 amide bonds. The molecular formula is C36H21N3. The molecule has 0 spiro atoms. The summed E-state index contributed by atoms with van der Waals surface area (Å²) in [7, 11) is 0. The Balaban J connectivity index is 1.46. The highest BCUT2D eigenvalue weighted by molar-refractivity contribution is 6.16. The molecule has 6 aromatic rings. The summed E-state index contributed by atoms with van der Waals surface area (Å²) in [6.07, 6.45) is 5.29. The van der Waals surface area contributed by atoms with Crippen molar-refractivity contribution in [2.45, 2.75) is 0 Å². The Morgan fingerprint density at radius 2 is 1.36 bits per heavy atom. The van der Waals surface area contributed by atoms with Gasteiger partial charge in [0.1, 0.15) is 17.7 Å². The van der Waals surface area contributed by atoms with Gasteiger partial charge in [0.2, 0.25) is 0 Å². The Bertz CT molecular complexity index is 2090. The average molecular weight is 496 g/mol. The van der Waals surface area contributed by atoms with E-state index >= 15 is 0 Å². The van der Waals surface area contributed by atoms with Crippen molar-refractivity contribution in [1.29, 1.82) is 10.5 Å². The number of allylic oxidation sites excluding steroid dienone is 3. The third-order valence-corrected chi connectivity index (χ3v) is 7.49. The minimum absolute atomic E-state index is 0.0816. The molecule has 0 unspecified atom stereocenters. The van der Waals surface area contributed by atoms with Crippen LogP contribution in [0.15, 0.2) is 127 Å². The van der Waals surface area contributed by atoms with Crippen LogP contribution in [-0.2, 0) is 0 Å². The second-order valence-electron chi connectivity index (χ2n) is 9.61. The summed E-state index contributed by atoms with van der Waals surface area (Å²) in [5.74, 6) is 0. The van der Waals surface area contributed by atoms with Crippen LogP contribution in [-0.4, -0.2) is 0 Å². The Kier molecular flexibility index (Phi) is 5.22. The monoisotopic (exact) mass is 495 g/mol. The van der Waals surface area contributed by atoms with Crippen molar-refractivity contribution in [2.75, 3.05) is 4.90 Å². The Hall–Kier alpha value is -5.64. The predicted octanol–water partition coefficient (Wildman–Crippen LogP) is 9.58. The molecule has 0 saturated heterocycles. The summed E-state index contributed by atoms with van der Waals surface area (Å²) in [4.78, 5) is 2.36. The van der Waals surface area contributed by atoms with Gasteiger partial charge in [-0.2, -0.15) is 10.5 Å². The van der Waals surface area contributed by atoms with Crippen LogP contribution in [0.5, 0.6) is 0 Å². The van der Waals surface area contributed by atoms with Gasteiger partial charge in [-0.15, -0.1) is 0 Å². The number of anilines is 3. The fourth-order valence-electron chi connectivity index (χ4n) is 5.76. The summed E-state index contributed by atoms with van der Waals surface area (Å²) in [6.45, 7) is 0. The van der Waals surface area contributed by atoms with Crippen molar-refractivity contribution in [3.8, 4) is 23.3 Å². The molecule has 0 saturated carbocycles. The van der Waals surface area contributed by atoms with Crippen LogP contribution in [0.3, 0.4) is 0 Å². The number of nitriles is 2. The van der Waals surface area contributed by atoms with Gasteiger partial charge in [-0.3, -0.25) is 0 Å². The molecule has 1 aliphatic rings. The summed E-state index contributed by atoms with van der Waals surface area (Å²) in [5, 5.41) is 25.4. The van der Waals surface area contributed by atoms with Crippen LogP contribution in [0, 0.1) is 22.7 Å². The highest BCUT2D eigenvalue weighted by Crippen LogP contribution is 2.51. The largest absolute Gasteiger partial charge is 0.309 e. The van der Waals surface area contributed by atoms with Gasteiger partial charge in [0.05, 0.1) is 11.4 Å². The van der Waals surface area contributed by atoms with Gasteiger partial charge in [-0.1, -0.05) is 97.1 Å². The molecule has 6 aromatic carbocycles. The Labute approximate surface area is 226 Å². The zero-order valence-electron chi connectivity index (χ0n) is 21.0. The first-order valence-electron chi connectivity index (χ1n) is 12.8. The lowest BCUT2D eigenvalue weighted by molar-refractivity contribution is 1.29. The molecule has 180 valence electrons. The molecule has 7 rings (SSSR count). The fourth-order valence-corrected chi connectivity index (χ4v) is 5.76. The molecule has 0 aliphatic carbocycles. The van der Waals surface area contributed by atoms with E-state index in [9.17, 15) is 0 Å². The van der Waals surface area contributed by atoms with E-state index < -0.39 is 0 Å². The van der Waals surface area contributed by atoms with Crippen LogP contribution in [0.2, 0.25) is 0 Å². The van der Waals surface area contributed by atoms with Crippen molar-refractivity contribution in [3.63, 3.8) is 0 Å². The number of para-hydroxylation sites is 1. The van der Waals surface area contributed by atoms with E-state index in [2.05, 4.69) is 114 Å². The average Bonchev–Trinajstić information content (AvgIpc) is 3.00. The fraction of sp³-hybridized carbons (Fsp3) is 0. The first-order valence-corrected chi connectivity index (χ1v) is 12.8. The highest BCUT2D eigenvalue weighted by atomic mass is 15.2. The summed E-state index contributed by atoms with van der Waals surface area (Å²) in [6, 6.07) is 42.7. The molecule has 0 aromatic heterocycles. The molecule has 0 N–H and O–H groups in total. The van der Waals surface area contributed by atoms with Gasteiger partial charge in [-0.25, -0.2) is 0 Å². The van der Waals surface area contributed by atoms with E-state index in [1.54, 1.807) is 12.2 Å². The zero-order valence-corrected chi connectivity index (χ0v) is 21.0. The van der Waals surface area contributed by atoms with Crippen molar-refractivity contribution in [1.82, 2.24) is 0 Å². The maximum atomic E-state index is 9.08. The highest BCUT2D eigenvalue weighted by Gasteiger charge is 2.26. The van der Waals surface area contributed by atoms with Gasteiger partial charge in [0.25, 0.3) is 0 Å². The van der Waals surface area contributed by atoms with E-state index in [0.717, 1.165) is 28.0 Å². The van der Waals surface area contributed by atoms with Crippen molar-refractivity contribution >= 4 is 55.5 Å². The van der Waals surface area contributed by atoms with Gasteiger partial charge in [0.15, 0.2) is 0 Å². The van der Waals surface area contributed by atoms with Gasteiger partial charge >= 0.3 is 0 Å². The summed E-state index contributed by atoms with van der Waals surface area (Å²) < 4.78 is 0. The molecule has 1 heterocycles. The molecule has 3 heteroatoms. The van der Waals surface area contributed by atoms with Crippen molar-refractivity contribution in [2.24, 2.45) is 0 Å². The lowest BCUT2D eigenvalue weighted by atomic mass is 9.89. The molecule has 39 heavy (non-hydrogen) atoms. The van der Waals surface area contributed by atoms with Crippen molar-refractivity contribution in [3.05, 3.63) is 132 Å². The van der Waals surface area contributed by atoms with Gasteiger partial charge in [-0.05, 0) is 68.4 Å². The molecule has 3 nitrogen and oxygen atoms in total.